The molecule has 5 nitrogen and oxygen atoms in total. The number of amides is 1. The van der Waals surface area contributed by atoms with Gasteiger partial charge in [0, 0.05) is 19.7 Å². The molecule has 0 aliphatic carbocycles. The molecule has 0 aromatic heterocycles. The number of rotatable bonds is 2. The number of carbonyl (C=O) groups is 1. The van der Waals surface area contributed by atoms with Gasteiger partial charge in [-0.1, -0.05) is 0 Å². The molecule has 2 aliphatic heterocycles. The van der Waals surface area contributed by atoms with Gasteiger partial charge in [0.2, 0.25) is 5.91 Å². The van der Waals surface area contributed by atoms with Crippen molar-refractivity contribution in [1.29, 1.82) is 0 Å². The maximum atomic E-state index is 10.8. The van der Waals surface area contributed by atoms with E-state index in [4.69, 9.17) is 10.5 Å². The smallest absolute Gasteiger partial charge is 0.231 e. The summed E-state index contributed by atoms with van der Waals surface area (Å²) in [4.78, 5) is 12.8. The number of nitrogens with two attached hydrogens (primary N) is 1. The van der Waals surface area contributed by atoms with E-state index < -0.39 is 0 Å². The topological polar surface area (TPSA) is 75.8 Å². The molecule has 2 aliphatic rings. The van der Waals surface area contributed by atoms with Crippen LogP contribution >= 0.6 is 0 Å². The third-order valence-corrected chi connectivity index (χ3v) is 3.70. The minimum atomic E-state index is -0.355. The van der Waals surface area contributed by atoms with Crippen molar-refractivity contribution in [3.05, 3.63) is 0 Å². The van der Waals surface area contributed by atoms with Gasteiger partial charge in [-0.05, 0) is 25.7 Å². The number of primary amides is 1. The van der Waals surface area contributed by atoms with Crippen molar-refractivity contribution in [3.8, 4) is 0 Å². The van der Waals surface area contributed by atoms with Gasteiger partial charge >= 0.3 is 0 Å². The van der Waals surface area contributed by atoms with Gasteiger partial charge in [0.1, 0.15) is 0 Å². The van der Waals surface area contributed by atoms with E-state index >= 15 is 0 Å². The van der Waals surface area contributed by atoms with Crippen molar-refractivity contribution in [1.82, 2.24) is 4.90 Å². The van der Waals surface area contributed by atoms with Gasteiger partial charge in [-0.15, -0.1) is 0 Å². The van der Waals surface area contributed by atoms with Crippen LogP contribution in [0, 0.1) is 0 Å². The fourth-order valence-electron chi connectivity index (χ4n) is 2.70. The summed E-state index contributed by atoms with van der Waals surface area (Å²) in [5.74, 6) is -0.291. The minimum absolute atomic E-state index is 0.291. The van der Waals surface area contributed by atoms with Crippen LogP contribution in [0.1, 0.15) is 25.7 Å². The molecule has 92 valence electrons. The van der Waals surface area contributed by atoms with E-state index in [0.29, 0.717) is 6.54 Å². The highest BCUT2D eigenvalue weighted by Gasteiger charge is 2.43. The molecule has 2 rings (SSSR count). The molecule has 2 fully saturated rings. The van der Waals surface area contributed by atoms with E-state index in [2.05, 4.69) is 0 Å². The van der Waals surface area contributed by atoms with E-state index in [1.807, 2.05) is 4.90 Å². The maximum absolute atomic E-state index is 10.8. The SMILES string of the molecule is NC(=O)CN1CCC2(CC1)OCCCC2O. The number of aliphatic hydroxyl groups is 1. The molecule has 1 spiro atoms. The second-order valence-electron chi connectivity index (χ2n) is 4.81. The molecule has 2 heterocycles. The van der Waals surface area contributed by atoms with Crippen LogP contribution < -0.4 is 5.73 Å². The number of carbonyl (C=O) groups excluding carboxylic acids is 1. The summed E-state index contributed by atoms with van der Waals surface area (Å²) in [7, 11) is 0. The maximum Gasteiger partial charge on any atom is 0.231 e. The second kappa shape index (κ2) is 4.69. The van der Waals surface area contributed by atoms with Crippen LogP contribution in [0.5, 0.6) is 0 Å². The molecule has 2 saturated heterocycles. The highest BCUT2D eigenvalue weighted by atomic mass is 16.5. The normalized spacial score (nSPS) is 30.4. The molecule has 0 aromatic rings. The van der Waals surface area contributed by atoms with Gasteiger partial charge in [-0.3, -0.25) is 9.69 Å². The van der Waals surface area contributed by atoms with Crippen LogP contribution in [-0.4, -0.2) is 53.9 Å². The van der Waals surface area contributed by atoms with Gasteiger partial charge in [-0.2, -0.15) is 0 Å². The Hall–Kier alpha value is -0.650. The Balaban J connectivity index is 1.90. The summed E-state index contributed by atoms with van der Waals surface area (Å²) in [6.45, 7) is 2.61. The summed E-state index contributed by atoms with van der Waals surface area (Å²) in [5.41, 5.74) is 4.80. The summed E-state index contributed by atoms with van der Waals surface area (Å²) < 4.78 is 5.78. The van der Waals surface area contributed by atoms with Crippen molar-refractivity contribution in [2.45, 2.75) is 37.4 Å². The number of hydrogen-bond acceptors (Lipinski definition) is 4. The van der Waals surface area contributed by atoms with Gasteiger partial charge < -0.3 is 15.6 Å². The van der Waals surface area contributed by atoms with Crippen LogP contribution in [0.15, 0.2) is 0 Å². The second-order valence-corrected chi connectivity index (χ2v) is 4.81. The lowest BCUT2D eigenvalue weighted by Crippen LogP contribution is -2.56. The van der Waals surface area contributed by atoms with Crippen molar-refractivity contribution in [2.75, 3.05) is 26.2 Å². The largest absolute Gasteiger partial charge is 0.390 e. The molecule has 3 N–H and O–H groups in total. The first-order chi connectivity index (χ1) is 7.62. The van der Waals surface area contributed by atoms with E-state index in [-0.39, 0.29) is 17.6 Å². The minimum Gasteiger partial charge on any atom is -0.390 e. The Labute approximate surface area is 95.5 Å². The van der Waals surface area contributed by atoms with Crippen molar-refractivity contribution < 1.29 is 14.6 Å². The van der Waals surface area contributed by atoms with Crippen molar-refractivity contribution in [3.63, 3.8) is 0 Å². The third kappa shape index (κ3) is 2.36. The molecule has 1 atom stereocenters. The van der Waals surface area contributed by atoms with Gasteiger partial charge in [0.05, 0.1) is 18.2 Å². The zero-order valence-electron chi connectivity index (χ0n) is 9.52. The molecule has 16 heavy (non-hydrogen) atoms. The number of hydrogen-bond donors (Lipinski definition) is 2. The molecule has 0 saturated carbocycles. The van der Waals surface area contributed by atoms with Crippen LogP contribution in [0.3, 0.4) is 0 Å². The van der Waals surface area contributed by atoms with Crippen LogP contribution in [0.25, 0.3) is 0 Å². The fourth-order valence-corrected chi connectivity index (χ4v) is 2.70. The standard InChI is InChI=1S/C11H20N2O3/c12-10(15)8-13-5-3-11(4-6-13)9(14)2-1-7-16-11/h9,14H,1-8H2,(H2,12,15). The fraction of sp³-hybridized carbons (Fsp3) is 0.909. The monoisotopic (exact) mass is 228 g/mol. The first kappa shape index (κ1) is 11.8. The molecule has 0 aromatic carbocycles. The Morgan fingerprint density at radius 1 is 1.50 bits per heavy atom. The summed E-state index contributed by atoms with van der Waals surface area (Å²) >= 11 is 0. The summed E-state index contributed by atoms with van der Waals surface area (Å²) in [6, 6.07) is 0. The zero-order valence-corrected chi connectivity index (χ0v) is 9.52. The number of likely N-dealkylation sites (tertiary alicyclic amines) is 1. The summed E-state index contributed by atoms with van der Waals surface area (Å²) in [5, 5.41) is 10.0. The predicted octanol–water partition coefficient (Wildman–Crippen LogP) is -0.522. The van der Waals surface area contributed by atoms with Crippen molar-refractivity contribution in [2.24, 2.45) is 5.73 Å². The third-order valence-electron chi connectivity index (χ3n) is 3.70. The Morgan fingerprint density at radius 2 is 2.19 bits per heavy atom. The molecule has 1 amide bonds. The first-order valence-corrected chi connectivity index (χ1v) is 5.95. The average Bonchev–Trinajstić information content (AvgIpc) is 2.25. The summed E-state index contributed by atoms with van der Waals surface area (Å²) in [6.07, 6.45) is 3.00. The lowest BCUT2D eigenvalue weighted by molar-refractivity contribution is -0.177. The Kier molecular flexibility index (Phi) is 3.47. The molecular weight excluding hydrogens is 208 g/mol. The van der Waals surface area contributed by atoms with Gasteiger partial charge in [-0.25, -0.2) is 0 Å². The number of piperidine rings is 1. The van der Waals surface area contributed by atoms with Crippen LogP contribution in [-0.2, 0) is 9.53 Å². The van der Waals surface area contributed by atoms with Gasteiger partial charge in [0.15, 0.2) is 0 Å². The first-order valence-electron chi connectivity index (χ1n) is 5.95. The molecule has 5 heteroatoms. The molecule has 0 radical (unpaired) electrons. The van der Waals surface area contributed by atoms with Crippen LogP contribution in [0.2, 0.25) is 0 Å². The molecular formula is C11H20N2O3. The van der Waals surface area contributed by atoms with Crippen LogP contribution in [0.4, 0.5) is 0 Å². The predicted molar refractivity (Wildman–Crippen MR) is 58.8 cm³/mol. The number of ether oxygens (including phenoxy) is 1. The lowest BCUT2D eigenvalue weighted by Gasteiger charge is -2.46. The zero-order chi connectivity index (χ0) is 11.6. The molecule has 0 bridgehead atoms. The van der Waals surface area contributed by atoms with E-state index in [0.717, 1.165) is 45.4 Å². The highest BCUT2D eigenvalue weighted by molar-refractivity contribution is 5.75. The molecule has 1 unspecified atom stereocenters. The Morgan fingerprint density at radius 3 is 2.75 bits per heavy atom. The van der Waals surface area contributed by atoms with E-state index in [9.17, 15) is 9.90 Å². The van der Waals surface area contributed by atoms with E-state index in [1.165, 1.54) is 0 Å². The highest BCUT2D eigenvalue weighted by Crippen LogP contribution is 2.34. The quantitative estimate of drug-likeness (QED) is 0.666. The van der Waals surface area contributed by atoms with Crippen molar-refractivity contribution >= 4 is 5.91 Å². The van der Waals surface area contributed by atoms with E-state index in [1.54, 1.807) is 0 Å². The average molecular weight is 228 g/mol. The Bertz CT molecular complexity index is 262. The van der Waals surface area contributed by atoms with Gasteiger partial charge in [0.25, 0.3) is 0 Å². The number of nitrogens with zero attached hydrogens (tertiary/aromatic N) is 1. The number of aliphatic hydroxyl groups excluding tert-OH is 1. The lowest BCUT2D eigenvalue weighted by atomic mass is 9.82.